The summed E-state index contributed by atoms with van der Waals surface area (Å²) in [6, 6.07) is 8.08. The van der Waals surface area contributed by atoms with Crippen LogP contribution in [0.2, 0.25) is 5.02 Å². The molecule has 112 valence electrons. The number of halogens is 4. The first kappa shape index (κ1) is 14.9. The molecule has 0 atom stereocenters. The van der Waals surface area contributed by atoms with Crippen molar-refractivity contribution in [2.75, 3.05) is 0 Å². The molecule has 1 aliphatic rings. The maximum Gasteiger partial charge on any atom is 0.416 e. The number of rotatable bonds is 4. The first-order valence-electron chi connectivity index (χ1n) is 6.62. The zero-order valence-corrected chi connectivity index (χ0v) is 12.6. The Morgan fingerprint density at radius 3 is 2.62 bits per heavy atom. The van der Waals surface area contributed by atoms with Crippen LogP contribution < -0.4 is 5.32 Å². The number of hydrogen-bond acceptors (Lipinski definition) is 2. The lowest BCUT2D eigenvalue weighted by atomic mass is 10.1. The van der Waals surface area contributed by atoms with Gasteiger partial charge in [0.25, 0.3) is 0 Å². The third-order valence-electron chi connectivity index (χ3n) is 3.31. The van der Waals surface area contributed by atoms with Crippen LogP contribution in [0, 0.1) is 0 Å². The second kappa shape index (κ2) is 5.63. The van der Waals surface area contributed by atoms with E-state index in [0.29, 0.717) is 11.6 Å². The van der Waals surface area contributed by atoms with E-state index < -0.39 is 11.7 Å². The predicted octanol–water partition coefficient (Wildman–Crippen LogP) is 5.34. The van der Waals surface area contributed by atoms with Gasteiger partial charge in [-0.1, -0.05) is 11.6 Å². The Kier molecular flexibility index (Phi) is 3.99. The van der Waals surface area contributed by atoms with Crippen molar-refractivity contribution in [1.82, 2.24) is 5.32 Å². The summed E-state index contributed by atoms with van der Waals surface area (Å²) in [5.74, 6) is 0. The fraction of sp³-hybridized carbons (Fsp3) is 0.333. The smallest absolute Gasteiger partial charge is 0.309 e. The van der Waals surface area contributed by atoms with Crippen molar-refractivity contribution >= 4 is 22.9 Å². The van der Waals surface area contributed by atoms with E-state index >= 15 is 0 Å². The zero-order chi connectivity index (χ0) is 15.0. The van der Waals surface area contributed by atoms with Crippen molar-refractivity contribution < 1.29 is 13.2 Å². The molecule has 1 aromatic carbocycles. The summed E-state index contributed by atoms with van der Waals surface area (Å²) in [6.45, 7) is 0.766. The molecular formula is C15H13ClF3NS. The van der Waals surface area contributed by atoms with Crippen LogP contribution in [0.4, 0.5) is 13.2 Å². The fourth-order valence-corrected chi connectivity index (χ4v) is 3.24. The summed E-state index contributed by atoms with van der Waals surface area (Å²) >= 11 is 7.31. The molecule has 1 aliphatic carbocycles. The van der Waals surface area contributed by atoms with Crippen LogP contribution in [-0.4, -0.2) is 6.04 Å². The summed E-state index contributed by atoms with van der Waals surface area (Å²) in [7, 11) is 0. The molecule has 1 N–H and O–H groups in total. The van der Waals surface area contributed by atoms with Gasteiger partial charge in [0.15, 0.2) is 0 Å². The second-order valence-electron chi connectivity index (χ2n) is 5.15. The lowest BCUT2D eigenvalue weighted by Gasteiger charge is -2.09. The Morgan fingerprint density at radius 1 is 1.19 bits per heavy atom. The molecular weight excluding hydrogens is 319 g/mol. The number of hydrogen-bond donors (Lipinski definition) is 1. The molecule has 0 unspecified atom stereocenters. The van der Waals surface area contributed by atoms with Gasteiger partial charge in [0.05, 0.1) is 5.56 Å². The van der Waals surface area contributed by atoms with Gasteiger partial charge < -0.3 is 5.32 Å². The molecule has 2 aromatic rings. The van der Waals surface area contributed by atoms with Crippen LogP contribution in [0.5, 0.6) is 0 Å². The second-order valence-corrected chi connectivity index (χ2v) is 6.75. The average molecular weight is 332 g/mol. The van der Waals surface area contributed by atoms with Gasteiger partial charge in [-0.25, -0.2) is 0 Å². The van der Waals surface area contributed by atoms with E-state index in [1.807, 2.05) is 12.1 Å². The van der Waals surface area contributed by atoms with Crippen LogP contribution >= 0.6 is 22.9 Å². The van der Waals surface area contributed by atoms with Gasteiger partial charge in [0.2, 0.25) is 0 Å². The van der Waals surface area contributed by atoms with Crippen LogP contribution in [0.1, 0.15) is 23.3 Å². The lowest BCUT2D eigenvalue weighted by Crippen LogP contribution is -2.14. The molecule has 0 amide bonds. The van der Waals surface area contributed by atoms with Gasteiger partial charge in [-0.2, -0.15) is 13.2 Å². The SMILES string of the molecule is FC(F)(F)c1cc(Cl)cc(-c2ccc(CNC3CC3)s2)c1. The van der Waals surface area contributed by atoms with Crippen LogP contribution in [0.3, 0.4) is 0 Å². The summed E-state index contributed by atoms with van der Waals surface area (Å²) < 4.78 is 38.5. The number of nitrogens with one attached hydrogen (secondary N) is 1. The Hall–Kier alpha value is -1.04. The fourth-order valence-electron chi connectivity index (χ4n) is 2.06. The summed E-state index contributed by atoms with van der Waals surface area (Å²) in [5, 5.41) is 3.49. The number of thiophene rings is 1. The molecule has 0 bridgehead atoms. The minimum Gasteiger partial charge on any atom is -0.309 e. The van der Waals surface area contributed by atoms with Crippen LogP contribution in [-0.2, 0) is 12.7 Å². The Labute approximate surface area is 129 Å². The molecule has 0 aliphatic heterocycles. The molecule has 1 saturated carbocycles. The molecule has 1 aromatic heterocycles. The Balaban J connectivity index is 1.83. The van der Waals surface area contributed by atoms with Crippen molar-refractivity contribution in [3.05, 3.63) is 45.8 Å². The van der Waals surface area contributed by atoms with E-state index in [1.165, 1.54) is 24.2 Å². The predicted molar refractivity (Wildman–Crippen MR) is 79.6 cm³/mol. The third kappa shape index (κ3) is 3.78. The minimum absolute atomic E-state index is 0.103. The summed E-state index contributed by atoms with van der Waals surface area (Å²) in [4.78, 5) is 1.92. The van der Waals surface area contributed by atoms with Crippen LogP contribution in [0.25, 0.3) is 10.4 Å². The maximum atomic E-state index is 12.8. The number of benzene rings is 1. The topological polar surface area (TPSA) is 12.0 Å². The van der Waals surface area contributed by atoms with E-state index in [0.717, 1.165) is 28.4 Å². The zero-order valence-electron chi connectivity index (χ0n) is 11.0. The highest BCUT2D eigenvalue weighted by molar-refractivity contribution is 7.15. The quantitative estimate of drug-likeness (QED) is 0.797. The standard InChI is InChI=1S/C15H13ClF3NS/c16-11-6-9(5-10(7-11)15(17,18)19)14-4-3-13(21-14)8-20-12-1-2-12/h3-7,12,20H,1-2,8H2. The van der Waals surface area contributed by atoms with Gasteiger partial charge in [-0.15, -0.1) is 11.3 Å². The Morgan fingerprint density at radius 2 is 1.95 bits per heavy atom. The normalized spacial score (nSPS) is 15.4. The van der Waals surface area contributed by atoms with E-state index in [-0.39, 0.29) is 5.02 Å². The molecule has 1 nitrogen and oxygen atoms in total. The third-order valence-corrected chi connectivity index (χ3v) is 4.67. The molecule has 3 rings (SSSR count). The van der Waals surface area contributed by atoms with E-state index in [1.54, 1.807) is 6.07 Å². The lowest BCUT2D eigenvalue weighted by molar-refractivity contribution is -0.137. The molecule has 0 spiro atoms. The van der Waals surface area contributed by atoms with Crippen molar-refractivity contribution in [2.45, 2.75) is 31.6 Å². The van der Waals surface area contributed by atoms with Gasteiger partial charge in [-0.05, 0) is 48.7 Å². The largest absolute Gasteiger partial charge is 0.416 e. The first-order chi connectivity index (χ1) is 9.91. The first-order valence-corrected chi connectivity index (χ1v) is 7.81. The molecule has 1 fully saturated rings. The Bertz CT molecular complexity index is 647. The van der Waals surface area contributed by atoms with Gasteiger partial charge in [0, 0.05) is 27.4 Å². The van der Waals surface area contributed by atoms with Crippen molar-refractivity contribution in [2.24, 2.45) is 0 Å². The van der Waals surface area contributed by atoms with Crippen molar-refractivity contribution in [3.8, 4) is 10.4 Å². The highest BCUT2D eigenvalue weighted by Gasteiger charge is 2.31. The minimum atomic E-state index is -4.38. The van der Waals surface area contributed by atoms with Gasteiger partial charge in [0.1, 0.15) is 0 Å². The van der Waals surface area contributed by atoms with Crippen molar-refractivity contribution in [3.63, 3.8) is 0 Å². The van der Waals surface area contributed by atoms with Crippen molar-refractivity contribution in [1.29, 1.82) is 0 Å². The van der Waals surface area contributed by atoms with E-state index in [2.05, 4.69) is 5.32 Å². The van der Waals surface area contributed by atoms with Gasteiger partial charge in [-0.3, -0.25) is 0 Å². The molecule has 21 heavy (non-hydrogen) atoms. The van der Waals surface area contributed by atoms with Crippen LogP contribution in [0.15, 0.2) is 30.3 Å². The van der Waals surface area contributed by atoms with E-state index in [9.17, 15) is 13.2 Å². The maximum absolute atomic E-state index is 12.8. The van der Waals surface area contributed by atoms with E-state index in [4.69, 9.17) is 11.6 Å². The highest BCUT2D eigenvalue weighted by atomic mass is 35.5. The molecule has 1 heterocycles. The monoisotopic (exact) mass is 331 g/mol. The summed E-state index contributed by atoms with van der Waals surface area (Å²) in [5.41, 5.74) is -0.200. The average Bonchev–Trinajstić information content (AvgIpc) is 3.11. The molecule has 6 heteroatoms. The molecule has 0 saturated heterocycles. The summed E-state index contributed by atoms with van der Waals surface area (Å²) in [6.07, 6.45) is -1.96. The highest BCUT2D eigenvalue weighted by Crippen LogP contribution is 2.37. The number of alkyl halides is 3. The van der Waals surface area contributed by atoms with Gasteiger partial charge >= 0.3 is 6.18 Å². The molecule has 0 radical (unpaired) electrons.